The molecule has 0 aliphatic carbocycles. The van der Waals surface area contributed by atoms with Crippen molar-refractivity contribution in [2.75, 3.05) is 5.75 Å². The number of rotatable bonds is 4. The van der Waals surface area contributed by atoms with Crippen molar-refractivity contribution in [2.24, 2.45) is 0 Å². The Morgan fingerprint density at radius 2 is 2.12 bits per heavy atom. The van der Waals surface area contributed by atoms with Gasteiger partial charge in [-0.25, -0.2) is 9.97 Å². The number of aromatic nitrogens is 2. The summed E-state index contributed by atoms with van der Waals surface area (Å²) in [5.74, 6) is 0.515. The van der Waals surface area contributed by atoms with E-state index in [1.165, 1.54) is 18.1 Å². The van der Waals surface area contributed by atoms with E-state index in [1.807, 2.05) is 24.3 Å². The molecule has 5 heteroatoms. The van der Waals surface area contributed by atoms with Crippen LogP contribution in [0.1, 0.15) is 11.8 Å². The van der Waals surface area contributed by atoms with E-state index < -0.39 is 6.10 Å². The zero-order valence-electron chi connectivity index (χ0n) is 8.95. The average Bonchev–Trinajstić information content (AvgIpc) is 2.38. The molecule has 2 rings (SSSR count). The van der Waals surface area contributed by atoms with Crippen LogP contribution in [-0.2, 0) is 0 Å². The van der Waals surface area contributed by atoms with Gasteiger partial charge in [-0.05, 0) is 18.2 Å². The fourth-order valence-corrected chi connectivity index (χ4v) is 2.50. The molecular weight excluding hydrogens is 256 g/mol. The van der Waals surface area contributed by atoms with Crippen LogP contribution in [0.3, 0.4) is 0 Å². The molecule has 0 saturated carbocycles. The fraction of sp³-hybridized carbons (Fsp3) is 0.167. The molecule has 0 bridgehead atoms. The van der Waals surface area contributed by atoms with Crippen molar-refractivity contribution < 1.29 is 5.11 Å². The van der Waals surface area contributed by atoms with E-state index in [2.05, 4.69) is 9.97 Å². The quantitative estimate of drug-likeness (QED) is 0.865. The molecule has 1 N–H and O–H groups in total. The second-order valence-corrected chi connectivity index (χ2v) is 4.86. The lowest BCUT2D eigenvalue weighted by molar-refractivity contribution is 0.199. The molecule has 0 fully saturated rings. The van der Waals surface area contributed by atoms with Gasteiger partial charge in [0.2, 0.25) is 0 Å². The van der Waals surface area contributed by atoms with Gasteiger partial charge >= 0.3 is 0 Å². The first-order chi connectivity index (χ1) is 8.27. The average molecular weight is 267 g/mol. The number of benzene rings is 1. The lowest BCUT2D eigenvalue weighted by Gasteiger charge is -2.09. The third kappa shape index (κ3) is 3.43. The van der Waals surface area contributed by atoms with E-state index in [0.717, 1.165) is 4.90 Å². The largest absolute Gasteiger partial charge is 0.386 e. The normalized spacial score (nSPS) is 12.4. The molecule has 1 heterocycles. The smallest absolute Gasteiger partial charge is 0.115 e. The van der Waals surface area contributed by atoms with Gasteiger partial charge in [0.1, 0.15) is 12.4 Å². The molecule has 0 aliphatic heterocycles. The third-order valence-corrected chi connectivity index (χ3v) is 3.77. The lowest BCUT2D eigenvalue weighted by atomic mass is 10.3. The summed E-state index contributed by atoms with van der Waals surface area (Å²) in [6, 6.07) is 9.27. The van der Waals surface area contributed by atoms with Gasteiger partial charge in [-0.2, -0.15) is 0 Å². The summed E-state index contributed by atoms with van der Waals surface area (Å²) < 4.78 is 0. The van der Waals surface area contributed by atoms with Crippen molar-refractivity contribution in [1.82, 2.24) is 9.97 Å². The summed E-state index contributed by atoms with van der Waals surface area (Å²) in [7, 11) is 0. The molecule has 0 amide bonds. The maximum atomic E-state index is 9.92. The van der Waals surface area contributed by atoms with Crippen molar-refractivity contribution >= 4 is 23.4 Å². The highest BCUT2D eigenvalue weighted by Gasteiger charge is 2.10. The summed E-state index contributed by atoms with van der Waals surface area (Å²) in [4.78, 5) is 8.78. The van der Waals surface area contributed by atoms with E-state index in [0.29, 0.717) is 16.5 Å². The Morgan fingerprint density at radius 1 is 1.29 bits per heavy atom. The molecule has 1 aromatic carbocycles. The lowest BCUT2D eigenvalue weighted by Crippen LogP contribution is -2.03. The van der Waals surface area contributed by atoms with Gasteiger partial charge in [0.15, 0.2) is 0 Å². The number of aliphatic hydroxyl groups is 1. The highest BCUT2D eigenvalue weighted by atomic mass is 35.5. The number of aliphatic hydroxyl groups excluding tert-OH is 1. The van der Waals surface area contributed by atoms with Crippen molar-refractivity contribution in [3.8, 4) is 0 Å². The number of hydrogen-bond donors (Lipinski definition) is 1. The molecule has 0 spiro atoms. The Labute approximate surface area is 109 Å². The summed E-state index contributed by atoms with van der Waals surface area (Å²) in [5.41, 5.74) is 0.625. The van der Waals surface area contributed by atoms with Crippen LogP contribution in [0.4, 0.5) is 0 Å². The van der Waals surface area contributed by atoms with Gasteiger partial charge in [0.25, 0.3) is 0 Å². The Morgan fingerprint density at radius 3 is 2.82 bits per heavy atom. The van der Waals surface area contributed by atoms with Crippen LogP contribution in [-0.4, -0.2) is 20.8 Å². The molecule has 1 atom stereocenters. The highest BCUT2D eigenvalue weighted by molar-refractivity contribution is 7.99. The molecule has 17 heavy (non-hydrogen) atoms. The van der Waals surface area contributed by atoms with E-state index in [-0.39, 0.29) is 0 Å². The molecule has 0 saturated heterocycles. The second kappa shape index (κ2) is 6.00. The predicted molar refractivity (Wildman–Crippen MR) is 69.2 cm³/mol. The Kier molecular flexibility index (Phi) is 4.36. The minimum absolute atomic E-state index is 0.515. The molecule has 3 nitrogen and oxygen atoms in total. The summed E-state index contributed by atoms with van der Waals surface area (Å²) in [6.07, 6.45) is 2.43. The van der Waals surface area contributed by atoms with Gasteiger partial charge in [0.05, 0.1) is 10.7 Å². The highest BCUT2D eigenvalue weighted by Crippen LogP contribution is 2.29. The predicted octanol–water partition coefficient (Wildman–Crippen LogP) is 2.96. The van der Waals surface area contributed by atoms with Crippen LogP contribution in [0.2, 0.25) is 5.02 Å². The van der Waals surface area contributed by atoms with E-state index in [4.69, 9.17) is 11.6 Å². The topological polar surface area (TPSA) is 46.0 Å². The first kappa shape index (κ1) is 12.4. The molecule has 2 aromatic rings. The summed E-state index contributed by atoms with van der Waals surface area (Å²) in [6.45, 7) is 0. The van der Waals surface area contributed by atoms with E-state index in [1.54, 1.807) is 12.3 Å². The van der Waals surface area contributed by atoms with Crippen molar-refractivity contribution in [3.05, 3.63) is 53.6 Å². The number of hydrogen-bond acceptors (Lipinski definition) is 4. The van der Waals surface area contributed by atoms with Crippen LogP contribution in [0.25, 0.3) is 0 Å². The van der Waals surface area contributed by atoms with E-state index in [9.17, 15) is 5.11 Å². The number of nitrogens with zero attached hydrogens (tertiary/aromatic N) is 2. The van der Waals surface area contributed by atoms with Crippen LogP contribution >= 0.6 is 23.4 Å². The first-order valence-electron chi connectivity index (χ1n) is 5.08. The van der Waals surface area contributed by atoms with Crippen molar-refractivity contribution in [1.29, 1.82) is 0 Å². The molecule has 0 radical (unpaired) electrons. The standard InChI is InChI=1S/C12H11ClN2OS/c13-9-3-1-2-4-12(9)17-7-11(16)10-5-6-14-8-15-10/h1-6,8,11,16H,7H2. The summed E-state index contributed by atoms with van der Waals surface area (Å²) in [5, 5.41) is 10.6. The van der Waals surface area contributed by atoms with Crippen molar-refractivity contribution in [3.63, 3.8) is 0 Å². The molecular formula is C12H11ClN2OS. The minimum atomic E-state index is -0.612. The zero-order chi connectivity index (χ0) is 12.1. The monoisotopic (exact) mass is 266 g/mol. The number of thioether (sulfide) groups is 1. The fourth-order valence-electron chi connectivity index (χ4n) is 1.31. The SMILES string of the molecule is OC(CSc1ccccc1Cl)c1ccncn1. The molecule has 0 aliphatic rings. The van der Waals surface area contributed by atoms with Gasteiger partial charge in [-0.1, -0.05) is 23.7 Å². The molecule has 1 unspecified atom stereocenters. The van der Waals surface area contributed by atoms with Gasteiger partial charge in [0, 0.05) is 16.8 Å². The maximum absolute atomic E-state index is 9.92. The van der Waals surface area contributed by atoms with Gasteiger partial charge < -0.3 is 5.11 Å². The third-order valence-electron chi connectivity index (χ3n) is 2.18. The minimum Gasteiger partial charge on any atom is -0.386 e. The molecule has 1 aromatic heterocycles. The Bertz CT molecular complexity index is 481. The van der Waals surface area contributed by atoms with Crippen LogP contribution < -0.4 is 0 Å². The Hall–Kier alpha value is -1.10. The van der Waals surface area contributed by atoms with Crippen molar-refractivity contribution in [2.45, 2.75) is 11.0 Å². The van der Waals surface area contributed by atoms with E-state index >= 15 is 0 Å². The van der Waals surface area contributed by atoms with Crippen LogP contribution in [0.15, 0.2) is 47.8 Å². The molecule has 88 valence electrons. The van der Waals surface area contributed by atoms with Gasteiger partial charge in [-0.3, -0.25) is 0 Å². The zero-order valence-corrected chi connectivity index (χ0v) is 10.5. The maximum Gasteiger partial charge on any atom is 0.115 e. The van der Waals surface area contributed by atoms with Gasteiger partial charge in [-0.15, -0.1) is 11.8 Å². The second-order valence-electron chi connectivity index (χ2n) is 3.39. The Balaban J connectivity index is 1.97. The summed E-state index contributed by atoms with van der Waals surface area (Å²) >= 11 is 7.53. The number of halogens is 1. The van der Waals surface area contributed by atoms with Crippen LogP contribution in [0.5, 0.6) is 0 Å². The van der Waals surface area contributed by atoms with Crippen LogP contribution in [0, 0.1) is 0 Å². The first-order valence-corrected chi connectivity index (χ1v) is 6.45.